The lowest BCUT2D eigenvalue weighted by Crippen LogP contribution is -1.85. The molecular weight excluding hydrogens is 152 g/mol. The van der Waals surface area contributed by atoms with Gasteiger partial charge in [0.15, 0.2) is 0 Å². The summed E-state index contributed by atoms with van der Waals surface area (Å²) in [6, 6.07) is 0. The van der Waals surface area contributed by atoms with Crippen molar-refractivity contribution in [1.29, 1.82) is 0 Å². The molecule has 0 heterocycles. The highest BCUT2D eigenvalue weighted by Gasteiger charge is 1.69. The Hall–Kier alpha value is 0.210. The number of aliphatic hydroxyl groups excluding tert-OH is 2. The Bertz CT molecular complexity index is 35.8. The van der Waals surface area contributed by atoms with Gasteiger partial charge in [-0.05, 0) is 20.3 Å². The molecule has 0 fully saturated rings. The number of aliphatic hydroxyl groups is 2. The minimum atomic E-state index is -0.167. The topological polar surface area (TPSA) is 40.5 Å². The lowest BCUT2D eigenvalue weighted by Gasteiger charge is -1.80. The van der Waals surface area contributed by atoms with Crippen molar-refractivity contribution < 1.29 is 10.2 Å². The Morgan fingerprint density at radius 2 is 1.60 bits per heavy atom. The van der Waals surface area contributed by atoms with E-state index in [9.17, 15) is 0 Å². The first-order chi connectivity index (χ1) is 4.15. The summed E-state index contributed by atoms with van der Waals surface area (Å²) in [6.07, 6.45) is 1.87. The van der Waals surface area contributed by atoms with Crippen molar-refractivity contribution in [3.63, 3.8) is 0 Å². The Morgan fingerprint density at radius 1 is 1.30 bits per heavy atom. The quantitative estimate of drug-likeness (QED) is 0.661. The third kappa shape index (κ3) is 87.4. The van der Waals surface area contributed by atoms with Gasteiger partial charge in [-0.3, -0.25) is 0 Å². The van der Waals surface area contributed by atoms with Crippen LogP contribution >= 0.6 is 12.4 Å². The second kappa shape index (κ2) is 16.1. The molecule has 2 nitrogen and oxygen atoms in total. The lowest BCUT2D eigenvalue weighted by molar-refractivity contribution is 0.216. The van der Waals surface area contributed by atoms with Crippen LogP contribution in [-0.4, -0.2) is 22.9 Å². The zero-order chi connectivity index (χ0) is 7.70. The largest absolute Gasteiger partial charge is 0.396 e. The molecule has 66 valence electrons. The fourth-order valence-corrected chi connectivity index (χ4v) is 0.158. The second-order valence-electron chi connectivity index (χ2n) is 2.17. The fraction of sp³-hybridized carbons (Fsp3) is 1.00. The molecule has 0 rings (SSSR count). The van der Waals surface area contributed by atoms with E-state index in [1.165, 1.54) is 0 Å². The van der Waals surface area contributed by atoms with Crippen LogP contribution in [0, 0.1) is 0 Å². The average Bonchev–Trinajstić information content (AvgIpc) is 1.66. The van der Waals surface area contributed by atoms with Crippen LogP contribution in [0.25, 0.3) is 0 Å². The number of halogens is 1. The zero-order valence-corrected chi connectivity index (χ0v) is 7.82. The van der Waals surface area contributed by atoms with Gasteiger partial charge in [-0.15, -0.1) is 12.4 Å². The van der Waals surface area contributed by atoms with E-state index in [2.05, 4.69) is 6.92 Å². The second-order valence-corrected chi connectivity index (χ2v) is 2.17. The van der Waals surface area contributed by atoms with Crippen molar-refractivity contribution in [2.24, 2.45) is 0 Å². The first-order valence-corrected chi connectivity index (χ1v) is 3.44. The van der Waals surface area contributed by atoms with Crippen molar-refractivity contribution in [3.8, 4) is 0 Å². The van der Waals surface area contributed by atoms with E-state index in [0.29, 0.717) is 6.61 Å². The van der Waals surface area contributed by atoms with Crippen molar-refractivity contribution in [3.05, 3.63) is 0 Å². The maximum absolute atomic E-state index is 8.07. The van der Waals surface area contributed by atoms with E-state index >= 15 is 0 Å². The van der Waals surface area contributed by atoms with E-state index in [1.54, 1.807) is 13.8 Å². The summed E-state index contributed by atoms with van der Waals surface area (Å²) in [5.41, 5.74) is 0. The Morgan fingerprint density at radius 3 is 1.60 bits per heavy atom. The normalized spacial score (nSPS) is 7.80. The maximum Gasteiger partial charge on any atom is 0.0483 e. The highest BCUT2D eigenvalue weighted by atomic mass is 35.5. The molecule has 0 aromatic heterocycles. The van der Waals surface area contributed by atoms with Crippen LogP contribution in [0.15, 0.2) is 0 Å². The molecule has 0 aromatic carbocycles. The standard InChI is InChI=1S/C4H10O.C3H8O.ClH/c1-2-3-4-5;1-3(2)4;/h5H,2-4H2,1H3;3-4H,1-2H3;1H. The predicted octanol–water partition coefficient (Wildman–Crippen LogP) is 1.59. The van der Waals surface area contributed by atoms with Gasteiger partial charge in [-0.25, -0.2) is 0 Å². The number of hydrogen-bond acceptors (Lipinski definition) is 2. The van der Waals surface area contributed by atoms with Crippen molar-refractivity contribution in [2.75, 3.05) is 6.61 Å². The molecule has 0 saturated carbocycles. The minimum absolute atomic E-state index is 0. The van der Waals surface area contributed by atoms with Crippen LogP contribution in [0.4, 0.5) is 0 Å². The molecule has 3 heteroatoms. The average molecular weight is 171 g/mol. The molecular formula is C7H19ClO2. The third-order valence-corrected chi connectivity index (χ3v) is 0.512. The van der Waals surface area contributed by atoms with Crippen LogP contribution in [0.1, 0.15) is 33.6 Å². The van der Waals surface area contributed by atoms with Gasteiger partial charge >= 0.3 is 0 Å². The molecule has 2 N–H and O–H groups in total. The summed E-state index contributed by atoms with van der Waals surface area (Å²) in [5, 5.41) is 16.1. The van der Waals surface area contributed by atoms with Gasteiger partial charge in [0.25, 0.3) is 0 Å². The molecule has 0 unspecified atom stereocenters. The zero-order valence-electron chi connectivity index (χ0n) is 7.00. The molecule has 0 aliphatic heterocycles. The molecule has 0 bridgehead atoms. The van der Waals surface area contributed by atoms with Gasteiger partial charge in [0.2, 0.25) is 0 Å². The monoisotopic (exact) mass is 170 g/mol. The summed E-state index contributed by atoms with van der Waals surface area (Å²) in [6.45, 7) is 5.84. The summed E-state index contributed by atoms with van der Waals surface area (Å²) in [5.74, 6) is 0. The van der Waals surface area contributed by atoms with Crippen LogP contribution in [0.2, 0.25) is 0 Å². The Labute approximate surface area is 69.7 Å². The van der Waals surface area contributed by atoms with Crippen LogP contribution < -0.4 is 0 Å². The molecule has 0 aliphatic rings. The first kappa shape index (κ1) is 16.7. The molecule has 0 saturated heterocycles. The summed E-state index contributed by atoms with van der Waals surface area (Å²) >= 11 is 0. The SMILES string of the molecule is CC(C)O.CCCCO.Cl. The van der Waals surface area contributed by atoms with E-state index in [-0.39, 0.29) is 18.5 Å². The molecule has 10 heavy (non-hydrogen) atoms. The van der Waals surface area contributed by atoms with E-state index in [0.717, 1.165) is 12.8 Å². The van der Waals surface area contributed by atoms with Gasteiger partial charge in [-0.2, -0.15) is 0 Å². The molecule has 0 aromatic rings. The van der Waals surface area contributed by atoms with Crippen molar-refractivity contribution in [1.82, 2.24) is 0 Å². The minimum Gasteiger partial charge on any atom is -0.396 e. The lowest BCUT2D eigenvalue weighted by atomic mass is 10.4. The molecule has 0 aliphatic carbocycles. The van der Waals surface area contributed by atoms with Crippen molar-refractivity contribution >= 4 is 12.4 Å². The fourth-order valence-electron chi connectivity index (χ4n) is 0.158. The van der Waals surface area contributed by atoms with Crippen LogP contribution in [0.5, 0.6) is 0 Å². The van der Waals surface area contributed by atoms with Gasteiger partial charge in [-0.1, -0.05) is 13.3 Å². The van der Waals surface area contributed by atoms with E-state index < -0.39 is 0 Å². The van der Waals surface area contributed by atoms with Gasteiger partial charge in [0, 0.05) is 12.7 Å². The molecule has 0 atom stereocenters. The molecule has 0 amide bonds. The third-order valence-electron chi connectivity index (χ3n) is 0.512. The number of unbranched alkanes of at least 4 members (excludes halogenated alkanes) is 1. The molecule has 0 spiro atoms. The Kier molecular flexibility index (Phi) is 26.8. The van der Waals surface area contributed by atoms with Gasteiger partial charge < -0.3 is 10.2 Å². The first-order valence-electron chi connectivity index (χ1n) is 3.44. The van der Waals surface area contributed by atoms with Crippen LogP contribution in [0.3, 0.4) is 0 Å². The predicted molar refractivity (Wildman–Crippen MR) is 46.6 cm³/mol. The van der Waals surface area contributed by atoms with E-state index in [4.69, 9.17) is 10.2 Å². The molecule has 0 radical (unpaired) electrons. The van der Waals surface area contributed by atoms with Crippen LogP contribution in [-0.2, 0) is 0 Å². The van der Waals surface area contributed by atoms with Gasteiger partial charge in [0.1, 0.15) is 0 Å². The number of hydrogen-bond donors (Lipinski definition) is 2. The summed E-state index contributed by atoms with van der Waals surface area (Å²) in [7, 11) is 0. The maximum atomic E-state index is 8.07. The summed E-state index contributed by atoms with van der Waals surface area (Å²) in [4.78, 5) is 0. The smallest absolute Gasteiger partial charge is 0.0483 e. The highest BCUT2D eigenvalue weighted by molar-refractivity contribution is 5.85. The highest BCUT2D eigenvalue weighted by Crippen LogP contribution is 1.78. The van der Waals surface area contributed by atoms with Gasteiger partial charge in [0.05, 0.1) is 0 Å². The Balaban J connectivity index is -0.0000000910. The van der Waals surface area contributed by atoms with Crippen molar-refractivity contribution in [2.45, 2.75) is 39.7 Å². The number of rotatable bonds is 2. The summed E-state index contributed by atoms with van der Waals surface area (Å²) < 4.78 is 0. The van der Waals surface area contributed by atoms with E-state index in [1.807, 2.05) is 0 Å².